The van der Waals surface area contributed by atoms with Crippen LogP contribution >= 0.6 is 7.60 Å². The van der Waals surface area contributed by atoms with Crippen LogP contribution in [-0.4, -0.2) is 31.1 Å². The first kappa shape index (κ1) is 23.8. The lowest BCUT2D eigenvalue weighted by atomic mass is 10.0. The molecule has 0 aliphatic rings. The van der Waals surface area contributed by atoms with Gasteiger partial charge >= 0.3 is 7.60 Å². The normalized spacial score (nSPS) is 12.4. The molecule has 8 heteroatoms. The lowest BCUT2D eigenvalue weighted by Crippen LogP contribution is -2.45. The molecule has 162 valence electrons. The molecule has 2 rings (SSSR count). The fourth-order valence-corrected chi connectivity index (χ4v) is 4.75. The highest BCUT2D eigenvalue weighted by molar-refractivity contribution is 7.53. The third-order valence-corrected chi connectivity index (χ3v) is 6.47. The van der Waals surface area contributed by atoms with E-state index in [4.69, 9.17) is 14.8 Å². The number of carbonyl (C=O) groups excluding carboxylic acids is 2. The Bertz CT molecular complexity index is 904. The SMILES string of the molecule is CCOP(=O)(Cc1ccc(C(=O)N[C@H](Cc2cccc(C)c2)C(N)=O)cc1)OCC. The van der Waals surface area contributed by atoms with E-state index in [1.165, 1.54) is 0 Å². The molecule has 1 atom stereocenters. The average molecular weight is 432 g/mol. The second kappa shape index (κ2) is 11.1. The van der Waals surface area contributed by atoms with E-state index in [-0.39, 0.29) is 19.4 Å². The van der Waals surface area contributed by atoms with Gasteiger partial charge in [0, 0.05) is 12.0 Å². The van der Waals surface area contributed by atoms with E-state index in [0.29, 0.717) is 12.0 Å². The van der Waals surface area contributed by atoms with E-state index < -0.39 is 25.5 Å². The maximum Gasteiger partial charge on any atom is 0.335 e. The summed E-state index contributed by atoms with van der Waals surface area (Å²) in [6, 6.07) is 13.5. The van der Waals surface area contributed by atoms with Crippen molar-refractivity contribution in [2.75, 3.05) is 13.2 Å². The number of carbonyl (C=O) groups is 2. The van der Waals surface area contributed by atoms with Crippen molar-refractivity contribution in [1.82, 2.24) is 5.32 Å². The highest BCUT2D eigenvalue weighted by Crippen LogP contribution is 2.51. The quantitative estimate of drug-likeness (QED) is 0.528. The fraction of sp³-hybridized carbons (Fsp3) is 0.364. The summed E-state index contributed by atoms with van der Waals surface area (Å²) in [6.45, 7) is 6.04. The fourth-order valence-electron chi connectivity index (χ4n) is 3.05. The zero-order valence-corrected chi connectivity index (χ0v) is 18.5. The monoisotopic (exact) mass is 432 g/mol. The van der Waals surface area contributed by atoms with Crippen molar-refractivity contribution in [3.05, 3.63) is 70.8 Å². The van der Waals surface area contributed by atoms with Crippen molar-refractivity contribution in [2.45, 2.75) is 39.4 Å². The summed E-state index contributed by atoms with van der Waals surface area (Å²) in [5.74, 6) is -1.01. The van der Waals surface area contributed by atoms with Gasteiger partial charge in [-0.15, -0.1) is 0 Å². The minimum atomic E-state index is -3.22. The molecular formula is C22H29N2O5P. The second-order valence-electron chi connectivity index (χ2n) is 6.92. The van der Waals surface area contributed by atoms with Crippen molar-refractivity contribution in [1.29, 1.82) is 0 Å². The van der Waals surface area contributed by atoms with E-state index in [0.717, 1.165) is 16.7 Å². The van der Waals surface area contributed by atoms with E-state index in [1.54, 1.807) is 38.1 Å². The summed E-state index contributed by atoms with van der Waals surface area (Å²) in [4.78, 5) is 24.4. The topological polar surface area (TPSA) is 108 Å². The molecule has 0 saturated carbocycles. The Morgan fingerprint density at radius 1 is 1.03 bits per heavy atom. The van der Waals surface area contributed by atoms with E-state index in [2.05, 4.69) is 5.32 Å². The molecule has 0 fully saturated rings. The van der Waals surface area contributed by atoms with Gasteiger partial charge < -0.3 is 20.1 Å². The molecule has 2 aromatic rings. The van der Waals surface area contributed by atoms with Gasteiger partial charge in [-0.25, -0.2) is 0 Å². The van der Waals surface area contributed by atoms with Gasteiger partial charge in [-0.3, -0.25) is 14.2 Å². The van der Waals surface area contributed by atoms with E-state index in [9.17, 15) is 14.2 Å². The maximum atomic E-state index is 12.6. The number of primary amides is 1. The molecule has 0 radical (unpaired) electrons. The van der Waals surface area contributed by atoms with Crippen LogP contribution in [0.2, 0.25) is 0 Å². The lowest BCUT2D eigenvalue weighted by Gasteiger charge is -2.18. The van der Waals surface area contributed by atoms with Gasteiger partial charge in [0.15, 0.2) is 0 Å². The number of hydrogen-bond acceptors (Lipinski definition) is 5. The summed E-state index contributed by atoms with van der Waals surface area (Å²) in [5.41, 5.74) is 8.56. The molecular weight excluding hydrogens is 403 g/mol. The Balaban J connectivity index is 2.06. The Labute approximate surface area is 177 Å². The molecule has 30 heavy (non-hydrogen) atoms. The number of hydrogen-bond donors (Lipinski definition) is 2. The highest BCUT2D eigenvalue weighted by Gasteiger charge is 2.24. The van der Waals surface area contributed by atoms with Gasteiger partial charge in [0.05, 0.1) is 19.4 Å². The summed E-state index contributed by atoms with van der Waals surface area (Å²) < 4.78 is 23.2. The van der Waals surface area contributed by atoms with Crippen LogP contribution in [0.25, 0.3) is 0 Å². The largest absolute Gasteiger partial charge is 0.368 e. The van der Waals surface area contributed by atoms with Crippen LogP contribution in [0.4, 0.5) is 0 Å². The Kier molecular flexibility index (Phi) is 8.78. The second-order valence-corrected chi connectivity index (χ2v) is 8.98. The highest BCUT2D eigenvalue weighted by atomic mass is 31.2. The molecule has 0 spiro atoms. The number of rotatable bonds is 11. The van der Waals surface area contributed by atoms with Crippen molar-refractivity contribution >= 4 is 19.4 Å². The summed E-state index contributed by atoms with van der Waals surface area (Å²) in [6.07, 6.45) is 0.431. The summed E-state index contributed by atoms with van der Waals surface area (Å²) in [5, 5.41) is 2.69. The van der Waals surface area contributed by atoms with Crippen LogP contribution < -0.4 is 11.1 Å². The summed E-state index contributed by atoms with van der Waals surface area (Å²) >= 11 is 0. The van der Waals surface area contributed by atoms with Crippen LogP contribution in [0, 0.1) is 6.92 Å². The predicted molar refractivity (Wildman–Crippen MR) is 116 cm³/mol. The van der Waals surface area contributed by atoms with Crippen molar-refractivity contribution in [3.63, 3.8) is 0 Å². The molecule has 0 unspecified atom stereocenters. The Morgan fingerprint density at radius 3 is 2.20 bits per heavy atom. The molecule has 0 aliphatic heterocycles. The predicted octanol–water partition coefficient (Wildman–Crippen LogP) is 3.59. The van der Waals surface area contributed by atoms with Crippen molar-refractivity contribution in [2.24, 2.45) is 5.73 Å². The van der Waals surface area contributed by atoms with Gasteiger partial charge in [-0.1, -0.05) is 42.0 Å². The van der Waals surface area contributed by atoms with Gasteiger partial charge in [-0.2, -0.15) is 0 Å². The minimum Gasteiger partial charge on any atom is -0.368 e. The van der Waals surface area contributed by atoms with E-state index >= 15 is 0 Å². The number of amides is 2. The van der Waals surface area contributed by atoms with Crippen LogP contribution in [0.3, 0.4) is 0 Å². The van der Waals surface area contributed by atoms with Crippen molar-refractivity contribution in [3.8, 4) is 0 Å². The molecule has 7 nitrogen and oxygen atoms in total. The van der Waals surface area contributed by atoms with Gasteiger partial charge in [0.1, 0.15) is 6.04 Å². The maximum absolute atomic E-state index is 12.6. The van der Waals surface area contributed by atoms with Crippen LogP contribution in [0.15, 0.2) is 48.5 Å². The molecule has 0 bridgehead atoms. The average Bonchev–Trinajstić information content (AvgIpc) is 2.68. The zero-order valence-electron chi connectivity index (χ0n) is 17.6. The molecule has 2 amide bonds. The Hall–Kier alpha value is -2.47. The molecule has 0 heterocycles. The molecule has 0 saturated heterocycles. The number of nitrogens with one attached hydrogen (secondary N) is 1. The first-order chi connectivity index (χ1) is 14.3. The zero-order chi connectivity index (χ0) is 22.1. The smallest absolute Gasteiger partial charge is 0.335 e. The van der Waals surface area contributed by atoms with Crippen LogP contribution in [0.5, 0.6) is 0 Å². The van der Waals surface area contributed by atoms with Gasteiger partial charge in [-0.05, 0) is 44.0 Å². The standard InChI is InChI=1S/C22H29N2O5P/c1-4-28-30(27,29-5-2)15-17-9-11-19(12-10-17)22(26)24-20(21(23)25)14-18-8-6-7-16(3)13-18/h6-13,20H,4-5,14-15H2,1-3H3,(H2,23,25)(H,24,26)/t20-/m1/s1. The summed E-state index contributed by atoms with van der Waals surface area (Å²) in [7, 11) is -3.22. The van der Waals surface area contributed by atoms with Crippen molar-refractivity contribution < 1.29 is 23.2 Å². The van der Waals surface area contributed by atoms with Gasteiger partial charge in [0.25, 0.3) is 5.91 Å². The lowest BCUT2D eigenvalue weighted by molar-refractivity contribution is -0.119. The van der Waals surface area contributed by atoms with Gasteiger partial charge in [0.2, 0.25) is 5.91 Å². The van der Waals surface area contributed by atoms with Crippen LogP contribution in [-0.2, 0) is 31.0 Å². The first-order valence-electron chi connectivity index (χ1n) is 9.89. The first-order valence-corrected chi connectivity index (χ1v) is 11.6. The molecule has 0 aromatic heterocycles. The van der Waals surface area contributed by atoms with E-state index in [1.807, 2.05) is 31.2 Å². The molecule has 2 aromatic carbocycles. The molecule has 3 N–H and O–H groups in total. The minimum absolute atomic E-state index is 0.119. The number of benzene rings is 2. The Morgan fingerprint density at radius 2 is 1.67 bits per heavy atom. The molecule has 0 aliphatic carbocycles. The number of aryl methyl sites for hydroxylation is 1. The van der Waals surface area contributed by atoms with Crippen LogP contribution in [0.1, 0.15) is 40.9 Å². The number of nitrogens with two attached hydrogens (primary N) is 1. The third kappa shape index (κ3) is 7.10. The third-order valence-electron chi connectivity index (χ3n) is 4.42.